The molecule has 1 aromatic carbocycles. The van der Waals surface area contributed by atoms with Crippen molar-refractivity contribution < 1.29 is 19.1 Å². The second kappa shape index (κ2) is 7.23. The normalized spacial score (nSPS) is 20.3. The SMILES string of the molecule is CC(COCc1ccccc1)C(=O)N1CCC2(CC1)NC(=O)NC2=O. The number of imide groups is 1. The van der Waals surface area contributed by atoms with Crippen LogP contribution in [0.5, 0.6) is 0 Å². The van der Waals surface area contributed by atoms with E-state index >= 15 is 0 Å². The molecule has 0 aromatic heterocycles. The molecular formula is C18H23N3O4. The van der Waals surface area contributed by atoms with E-state index in [2.05, 4.69) is 10.6 Å². The minimum atomic E-state index is -0.846. The van der Waals surface area contributed by atoms with Crippen molar-refractivity contribution in [3.63, 3.8) is 0 Å². The van der Waals surface area contributed by atoms with Crippen molar-refractivity contribution in [2.45, 2.75) is 31.9 Å². The molecule has 2 aliphatic rings. The Hall–Kier alpha value is -2.41. The Labute approximate surface area is 146 Å². The molecule has 3 rings (SSSR count). The highest BCUT2D eigenvalue weighted by atomic mass is 16.5. The molecular weight excluding hydrogens is 322 g/mol. The molecule has 25 heavy (non-hydrogen) atoms. The number of rotatable bonds is 5. The summed E-state index contributed by atoms with van der Waals surface area (Å²) < 4.78 is 5.65. The first-order valence-corrected chi connectivity index (χ1v) is 8.54. The Morgan fingerprint density at radius 2 is 1.92 bits per heavy atom. The van der Waals surface area contributed by atoms with Gasteiger partial charge in [0.15, 0.2) is 0 Å². The molecule has 1 unspecified atom stereocenters. The number of likely N-dealkylation sites (tertiary alicyclic amines) is 1. The summed E-state index contributed by atoms with van der Waals surface area (Å²) in [5.74, 6) is -0.513. The van der Waals surface area contributed by atoms with Crippen LogP contribution in [0.25, 0.3) is 0 Å². The van der Waals surface area contributed by atoms with Gasteiger partial charge in [0.25, 0.3) is 5.91 Å². The van der Waals surface area contributed by atoms with Gasteiger partial charge in [-0.3, -0.25) is 14.9 Å². The van der Waals surface area contributed by atoms with Gasteiger partial charge in [0.1, 0.15) is 5.54 Å². The van der Waals surface area contributed by atoms with Crippen molar-refractivity contribution in [2.75, 3.05) is 19.7 Å². The Balaban J connectivity index is 1.45. The molecule has 0 saturated carbocycles. The molecule has 134 valence electrons. The second-order valence-electron chi connectivity index (χ2n) is 6.72. The highest BCUT2D eigenvalue weighted by Gasteiger charge is 2.48. The number of amides is 4. The number of carbonyl (C=O) groups is 3. The highest BCUT2D eigenvalue weighted by molar-refractivity contribution is 6.07. The number of benzene rings is 1. The van der Waals surface area contributed by atoms with Crippen LogP contribution in [0, 0.1) is 5.92 Å². The maximum Gasteiger partial charge on any atom is 0.322 e. The maximum atomic E-state index is 12.5. The molecule has 2 aliphatic heterocycles. The number of nitrogens with one attached hydrogen (secondary N) is 2. The lowest BCUT2D eigenvalue weighted by molar-refractivity contribution is -0.140. The number of carbonyl (C=O) groups excluding carboxylic acids is 3. The van der Waals surface area contributed by atoms with Crippen LogP contribution < -0.4 is 10.6 Å². The van der Waals surface area contributed by atoms with Crippen molar-refractivity contribution in [3.8, 4) is 0 Å². The number of urea groups is 1. The van der Waals surface area contributed by atoms with Crippen LogP contribution in [-0.4, -0.2) is 48.0 Å². The zero-order valence-electron chi connectivity index (χ0n) is 14.3. The summed E-state index contributed by atoms with van der Waals surface area (Å²) in [4.78, 5) is 37.6. The topological polar surface area (TPSA) is 87.7 Å². The van der Waals surface area contributed by atoms with Crippen molar-refractivity contribution in [1.82, 2.24) is 15.5 Å². The van der Waals surface area contributed by atoms with Gasteiger partial charge in [-0.05, 0) is 18.4 Å². The molecule has 2 fully saturated rings. The van der Waals surface area contributed by atoms with Crippen LogP contribution >= 0.6 is 0 Å². The van der Waals surface area contributed by atoms with Crippen LogP contribution in [-0.2, 0) is 20.9 Å². The molecule has 7 heteroatoms. The Bertz CT molecular complexity index is 654. The third kappa shape index (κ3) is 3.82. The van der Waals surface area contributed by atoms with E-state index in [0.29, 0.717) is 39.1 Å². The van der Waals surface area contributed by atoms with Gasteiger partial charge < -0.3 is 15.0 Å². The summed E-state index contributed by atoms with van der Waals surface area (Å²) in [7, 11) is 0. The average Bonchev–Trinajstić information content (AvgIpc) is 2.89. The summed E-state index contributed by atoms with van der Waals surface area (Å²) in [6.07, 6.45) is 0.877. The van der Waals surface area contributed by atoms with Crippen molar-refractivity contribution in [3.05, 3.63) is 35.9 Å². The minimum Gasteiger partial charge on any atom is -0.376 e. The number of nitrogens with zero attached hydrogens (tertiary/aromatic N) is 1. The van der Waals surface area contributed by atoms with E-state index in [9.17, 15) is 14.4 Å². The molecule has 1 aromatic rings. The van der Waals surface area contributed by atoms with E-state index in [0.717, 1.165) is 5.56 Å². The molecule has 4 amide bonds. The van der Waals surface area contributed by atoms with Gasteiger partial charge >= 0.3 is 6.03 Å². The van der Waals surface area contributed by atoms with Gasteiger partial charge in [-0.2, -0.15) is 0 Å². The third-order valence-electron chi connectivity index (χ3n) is 4.84. The fraction of sp³-hybridized carbons (Fsp3) is 0.500. The fourth-order valence-corrected chi connectivity index (χ4v) is 3.30. The number of hydrogen-bond acceptors (Lipinski definition) is 4. The smallest absolute Gasteiger partial charge is 0.322 e. The predicted octanol–water partition coefficient (Wildman–Crippen LogP) is 1.04. The van der Waals surface area contributed by atoms with Crippen molar-refractivity contribution >= 4 is 17.8 Å². The van der Waals surface area contributed by atoms with Gasteiger partial charge in [0, 0.05) is 13.1 Å². The van der Waals surface area contributed by atoms with Crippen LogP contribution in [0.15, 0.2) is 30.3 Å². The van der Waals surface area contributed by atoms with E-state index < -0.39 is 11.6 Å². The molecule has 0 aliphatic carbocycles. The lowest BCUT2D eigenvalue weighted by atomic mass is 9.87. The van der Waals surface area contributed by atoms with Crippen LogP contribution in [0.4, 0.5) is 4.79 Å². The van der Waals surface area contributed by atoms with E-state index in [-0.39, 0.29) is 17.7 Å². The monoisotopic (exact) mass is 345 g/mol. The van der Waals surface area contributed by atoms with Crippen molar-refractivity contribution in [1.29, 1.82) is 0 Å². The van der Waals surface area contributed by atoms with Crippen molar-refractivity contribution in [2.24, 2.45) is 5.92 Å². The Kier molecular flexibility index (Phi) is 5.03. The lowest BCUT2D eigenvalue weighted by Crippen LogP contribution is -2.56. The largest absolute Gasteiger partial charge is 0.376 e. The fourth-order valence-electron chi connectivity index (χ4n) is 3.30. The van der Waals surface area contributed by atoms with Crippen LogP contribution in [0.2, 0.25) is 0 Å². The van der Waals surface area contributed by atoms with Gasteiger partial charge in [0.05, 0.1) is 19.1 Å². The third-order valence-corrected chi connectivity index (χ3v) is 4.84. The second-order valence-corrected chi connectivity index (χ2v) is 6.72. The molecule has 2 saturated heterocycles. The van der Waals surface area contributed by atoms with Gasteiger partial charge in [-0.15, -0.1) is 0 Å². The van der Waals surface area contributed by atoms with Crippen LogP contribution in [0.1, 0.15) is 25.3 Å². The summed E-state index contributed by atoms with van der Waals surface area (Å²) in [6, 6.07) is 9.37. The van der Waals surface area contributed by atoms with Gasteiger partial charge in [0.2, 0.25) is 5.91 Å². The first kappa shape index (κ1) is 17.4. The zero-order chi connectivity index (χ0) is 17.9. The molecule has 0 bridgehead atoms. The van der Waals surface area contributed by atoms with Gasteiger partial charge in [-0.25, -0.2) is 4.79 Å². The minimum absolute atomic E-state index is 0.0210. The molecule has 1 atom stereocenters. The van der Waals surface area contributed by atoms with E-state index in [1.54, 1.807) is 4.90 Å². The number of piperidine rings is 1. The standard InChI is InChI=1S/C18H23N3O4/c1-13(11-25-12-14-5-3-2-4-6-14)15(22)21-9-7-18(8-10-21)16(23)19-17(24)20-18/h2-6,13H,7-12H2,1H3,(H2,19,20,23,24). The van der Waals surface area contributed by atoms with E-state index in [1.165, 1.54) is 0 Å². The lowest BCUT2D eigenvalue weighted by Gasteiger charge is -2.37. The first-order valence-electron chi connectivity index (χ1n) is 8.54. The first-order chi connectivity index (χ1) is 12.0. The van der Waals surface area contributed by atoms with E-state index in [1.807, 2.05) is 37.3 Å². The van der Waals surface area contributed by atoms with Crippen LogP contribution in [0.3, 0.4) is 0 Å². The molecule has 2 heterocycles. The molecule has 7 nitrogen and oxygen atoms in total. The summed E-state index contributed by atoms with van der Waals surface area (Å²) in [5.41, 5.74) is 0.228. The maximum absolute atomic E-state index is 12.5. The average molecular weight is 345 g/mol. The Morgan fingerprint density at radius 3 is 2.52 bits per heavy atom. The number of ether oxygens (including phenoxy) is 1. The molecule has 2 N–H and O–H groups in total. The number of hydrogen-bond donors (Lipinski definition) is 2. The molecule has 1 spiro atoms. The quantitative estimate of drug-likeness (QED) is 0.781. The highest BCUT2D eigenvalue weighted by Crippen LogP contribution is 2.26. The zero-order valence-corrected chi connectivity index (χ0v) is 14.3. The molecule has 0 radical (unpaired) electrons. The summed E-state index contributed by atoms with van der Waals surface area (Å²) in [5, 5.41) is 4.97. The van der Waals surface area contributed by atoms with Gasteiger partial charge in [-0.1, -0.05) is 37.3 Å². The predicted molar refractivity (Wildman–Crippen MR) is 90.5 cm³/mol. The summed E-state index contributed by atoms with van der Waals surface area (Å²) >= 11 is 0. The summed E-state index contributed by atoms with van der Waals surface area (Å²) in [6.45, 7) is 3.59. The van der Waals surface area contributed by atoms with E-state index in [4.69, 9.17) is 4.74 Å². The Morgan fingerprint density at radius 1 is 1.24 bits per heavy atom.